The zero-order valence-corrected chi connectivity index (χ0v) is 11.1. The van der Waals surface area contributed by atoms with E-state index in [1.807, 2.05) is 18.2 Å². The van der Waals surface area contributed by atoms with Gasteiger partial charge >= 0.3 is 0 Å². The van der Waals surface area contributed by atoms with Gasteiger partial charge in [-0.05, 0) is 48.9 Å². The van der Waals surface area contributed by atoms with E-state index in [4.69, 9.17) is 16.3 Å². The summed E-state index contributed by atoms with van der Waals surface area (Å²) in [6.07, 6.45) is 3.45. The third-order valence-corrected chi connectivity index (χ3v) is 3.83. The van der Waals surface area contributed by atoms with Crippen LogP contribution in [-0.2, 0) is 6.42 Å². The SMILES string of the molecule is COc1ccc(Cl)cc1CC1(O)CCC(C)C1. The highest BCUT2D eigenvalue weighted by atomic mass is 35.5. The standard InChI is InChI=1S/C14H19ClO2/c1-10-5-6-14(16,8-10)9-11-7-12(15)3-4-13(11)17-2/h3-4,7,10,16H,5-6,8-9H2,1-2H3. The van der Waals surface area contributed by atoms with Crippen molar-refractivity contribution in [3.05, 3.63) is 28.8 Å². The lowest BCUT2D eigenvalue weighted by Gasteiger charge is -2.23. The van der Waals surface area contributed by atoms with Gasteiger partial charge in [-0.25, -0.2) is 0 Å². The van der Waals surface area contributed by atoms with Gasteiger partial charge in [-0.3, -0.25) is 0 Å². The summed E-state index contributed by atoms with van der Waals surface area (Å²) in [5.74, 6) is 1.41. The first-order valence-electron chi connectivity index (χ1n) is 6.07. The number of aliphatic hydroxyl groups is 1. The average molecular weight is 255 g/mol. The fourth-order valence-corrected chi connectivity index (χ4v) is 2.96. The van der Waals surface area contributed by atoms with E-state index in [0.717, 1.165) is 30.6 Å². The molecule has 0 aromatic heterocycles. The maximum atomic E-state index is 10.5. The summed E-state index contributed by atoms with van der Waals surface area (Å²) in [6.45, 7) is 2.19. The zero-order chi connectivity index (χ0) is 12.5. The molecule has 2 atom stereocenters. The van der Waals surface area contributed by atoms with Crippen molar-refractivity contribution in [2.45, 2.75) is 38.2 Å². The molecular formula is C14H19ClO2. The summed E-state index contributed by atoms with van der Waals surface area (Å²) < 4.78 is 5.31. The van der Waals surface area contributed by atoms with E-state index in [2.05, 4.69) is 6.92 Å². The molecule has 1 N–H and O–H groups in total. The Hall–Kier alpha value is -0.730. The van der Waals surface area contributed by atoms with Crippen molar-refractivity contribution < 1.29 is 9.84 Å². The topological polar surface area (TPSA) is 29.5 Å². The van der Waals surface area contributed by atoms with Crippen LogP contribution in [0, 0.1) is 5.92 Å². The zero-order valence-electron chi connectivity index (χ0n) is 10.4. The van der Waals surface area contributed by atoms with E-state index in [9.17, 15) is 5.11 Å². The maximum Gasteiger partial charge on any atom is 0.122 e. The minimum Gasteiger partial charge on any atom is -0.496 e. The van der Waals surface area contributed by atoms with Crippen LogP contribution >= 0.6 is 11.6 Å². The molecule has 0 radical (unpaired) electrons. The van der Waals surface area contributed by atoms with E-state index in [-0.39, 0.29) is 0 Å². The highest BCUT2D eigenvalue weighted by molar-refractivity contribution is 6.30. The minimum absolute atomic E-state index is 0.586. The predicted molar refractivity (Wildman–Crippen MR) is 69.7 cm³/mol. The first-order chi connectivity index (χ1) is 8.02. The molecule has 0 aliphatic heterocycles. The van der Waals surface area contributed by atoms with E-state index >= 15 is 0 Å². The summed E-state index contributed by atoms with van der Waals surface area (Å²) in [5.41, 5.74) is 0.411. The van der Waals surface area contributed by atoms with Crippen molar-refractivity contribution in [2.75, 3.05) is 7.11 Å². The van der Waals surface area contributed by atoms with Crippen LogP contribution in [0.3, 0.4) is 0 Å². The summed E-state index contributed by atoms with van der Waals surface area (Å²) in [6, 6.07) is 5.56. The van der Waals surface area contributed by atoms with Gasteiger partial charge in [0.1, 0.15) is 5.75 Å². The second-order valence-corrected chi connectivity index (χ2v) is 5.64. The van der Waals surface area contributed by atoms with E-state index in [1.54, 1.807) is 7.11 Å². The predicted octanol–water partition coefficient (Wildman–Crippen LogP) is 3.44. The molecule has 0 spiro atoms. The summed E-state index contributed by atoms with van der Waals surface area (Å²) in [4.78, 5) is 0. The number of halogens is 1. The van der Waals surface area contributed by atoms with E-state index < -0.39 is 5.60 Å². The number of methoxy groups -OCH3 is 1. The molecular weight excluding hydrogens is 236 g/mol. The van der Waals surface area contributed by atoms with Gasteiger partial charge < -0.3 is 9.84 Å². The first-order valence-corrected chi connectivity index (χ1v) is 6.45. The highest BCUT2D eigenvalue weighted by Gasteiger charge is 2.35. The van der Waals surface area contributed by atoms with Crippen LogP contribution in [0.1, 0.15) is 31.7 Å². The van der Waals surface area contributed by atoms with Gasteiger partial charge in [0.15, 0.2) is 0 Å². The Morgan fingerprint density at radius 1 is 1.53 bits per heavy atom. The molecule has 1 fully saturated rings. The average Bonchev–Trinajstić information content (AvgIpc) is 2.59. The van der Waals surface area contributed by atoms with Gasteiger partial charge in [0, 0.05) is 11.4 Å². The van der Waals surface area contributed by atoms with Crippen LogP contribution in [0.15, 0.2) is 18.2 Å². The van der Waals surface area contributed by atoms with E-state index in [1.165, 1.54) is 0 Å². The smallest absolute Gasteiger partial charge is 0.122 e. The summed E-state index contributed by atoms with van der Waals surface area (Å²) in [7, 11) is 1.65. The van der Waals surface area contributed by atoms with Gasteiger partial charge in [-0.15, -0.1) is 0 Å². The molecule has 2 rings (SSSR count). The summed E-state index contributed by atoms with van der Waals surface area (Å²) in [5, 5.41) is 11.2. The highest BCUT2D eigenvalue weighted by Crippen LogP contribution is 2.38. The van der Waals surface area contributed by atoms with Crippen LogP contribution < -0.4 is 4.74 Å². The maximum absolute atomic E-state index is 10.5. The molecule has 2 unspecified atom stereocenters. The molecule has 1 saturated carbocycles. The van der Waals surface area contributed by atoms with Crippen LogP contribution in [0.5, 0.6) is 5.75 Å². The van der Waals surface area contributed by atoms with Crippen molar-refractivity contribution in [2.24, 2.45) is 5.92 Å². The molecule has 1 aromatic rings. The first kappa shape index (κ1) is 12.7. The monoisotopic (exact) mass is 254 g/mol. The van der Waals surface area contributed by atoms with Gasteiger partial charge in [-0.1, -0.05) is 18.5 Å². The van der Waals surface area contributed by atoms with Crippen molar-refractivity contribution in [1.29, 1.82) is 0 Å². The van der Waals surface area contributed by atoms with Crippen LogP contribution in [-0.4, -0.2) is 17.8 Å². The third-order valence-electron chi connectivity index (χ3n) is 3.59. The van der Waals surface area contributed by atoms with Gasteiger partial charge in [0.25, 0.3) is 0 Å². The second-order valence-electron chi connectivity index (χ2n) is 5.21. The largest absolute Gasteiger partial charge is 0.496 e. The number of benzene rings is 1. The number of ether oxygens (including phenoxy) is 1. The fourth-order valence-electron chi connectivity index (χ4n) is 2.77. The van der Waals surface area contributed by atoms with Crippen molar-refractivity contribution in [3.63, 3.8) is 0 Å². The van der Waals surface area contributed by atoms with Crippen molar-refractivity contribution in [1.82, 2.24) is 0 Å². The second kappa shape index (κ2) is 4.87. The van der Waals surface area contributed by atoms with Gasteiger partial charge in [0.2, 0.25) is 0 Å². The van der Waals surface area contributed by atoms with Gasteiger partial charge in [0.05, 0.1) is 12.7 Å². The molecule has 1 aliphatic rings. The molecule has 0 bridgehead atoms. The Morgan fingerprint density at radius 3 is 2.88 bits per heavy atom. The number of hydrogen-bond donors (Lipinski definition) is 1. The number of hydrogen-bond acceptors (Lipinski definition) is 2. The molecule has 94 valence electrons. The summed E-state index contributed by atoms with van der Waals surface area (Å²) >= 11 is 6.00. The lowest BCUT2D eigenvalue weighted by atomic mass is 9.91. The Labute approximate surface area is 108 Å². The number of rotatable bonds is 3. The van der Waals surface area contributed by atoms with E-state index in [0.29, 0.717) is 17.4 Å². The molecule has 1 aliphatic carbocycles. The Kier molecular flexibility index (Phi) is 3.64. The lowest BCUT2D eigenvalue weighted by molar-refractivity contribution is 0.0440. The quantitative estimate of drug-likeness (QED) is 0.895. The molecule has 0 amide bonds. The molecule has 1 aromatic carbocycles. The Morgan fingerprint density at radius 2 is 2.29 bits per heavy atom. The van der Waals surface area contributed by atoms with Crippen LogP contribution in [0.2, 0.25) is 5.02 Å². The van der Waals surface area contributed by atoms with Crippen molar-refractivity contribution in [3.8, 4) is 5.75 Å². The van der Waals surface area contributed by atoms with Crippen molar-refractivity contribution >= 4 is 11.6 Å². The van der Waals surface area contributed by atoms with Crippen LogP contribution in [0.4, 0.5) is 0 Å². The van der Waals surface area contributed by atoms with Crippen LogP contribution in [0.25, 0.3) is 0 Å². The molecule has 3 heteroatoms. The Bertz CT molecular complexity index is 405. The molecule has 17 heavy (non-hydrogen) atoms. The van der Waals surface area contributed by atoms with Gasteiger partial charge in [-0.2, -0.15) is 0 Å². The fraction of sp³-hybridized carbons (Fsp3) is 0.571. The lowest BCUT2D eigenvalue weighted by Crippen LogP contribution is -2.27. The molecule has 2 nitrogen and oxygen atoms in total. The molecule has 0 saturated heterocycles. The minimum atomic E-state index is -0.586. The normalized spacial score (nSPS) is 28.4. The molecule has 0 heterocycles. The third kappa shape index (κ3) is 2.93. The Balaban J connectivity index is 2.20.